The van der Waals surface area contributed by atoms with Gasteiger partial charge in [0.05, 0.1) is 24.3 Å². The summed E-state index contributed by atoms with van der Waals surface area (Å²) in [4.78, 5) is 4.93. The molecule has 0 spiro atoms. The van der Waals surface area contributed by atoms with Crippen molar-refractivity contribution in [3.05, 3.63) is 53.5 Å². The summed E-state index contributed by atoms with van der Waals surface area (Å²) in [7, 11) is -1.57. The van der Waals surface area contributed by atoms with E-state index < -0.39 is 9.84 Å². The molecular formula is C19H28IN3O4S. The monoisotopic (exact) mass is 521 g/mol. The van der Waals surface area contributed by atoms with Gasteiger partial charge in [-0.15, -0.1) is 24.0 Å². The fraction of sp³-hybridized carbons (Fsp3) is 0.421. The van der Waals surface area contributed by atoms with Gasteiger partial charge in [0.2, 0.25) is 0 Å². The second-order valence-corrected chi connectivity index (χ2v) is 8.20. The summed E-state index contributed by atoms with van der Waals surface area (Å²) in [5, 5.41) is 6.47. The zero-order valence-electron chi connectivity index (χ0n) is 16.4. The first kappa shape index (κ1) is 24.4. The molecule has 0 fully saturated rings. The maximum absolute atomic E-state index is 11.7. The zero-order valence-corrected chi connectivity index (χ0v) is 19.5. The average molecular weight is 521 g/mol. The Balaban J connectivity index is 0.00000392. The van der Waals surface area contributed by atoms with Gasteiger partial charge in [-0.2, -0.15) is 0 Å². The Bertz CT molecular complexity index is 852. The number of nitrogens with one attached hydrogen (secondary N) is 2. The molecule has 0 aliphatic carbocycles. The lowest BCUT2D eigenvalue weighted by molar-refractivity contribution is 0.203. The second-order valence-electron chi connectivity index (χ2n) is 6.21. The van der Waals surface area contributed by atoms with Gasteiger partial charge in [0.15, 0.2) is 15.8 Å². The van der Waals surface area contributed by atoms with E-state index >= 15 is 0 Å². The lowest BCUT2D eigenvalue weighted by Gasteiger charge is -2.12. The van der Waals surface area contributed by atoms with Crippen LogP contribution in [0.25, 0.3) is 0 Å². The van der Waals surface area contributed by atoms with Crippen LogP contribution in [0.4, 0.5) is 0 Å². The molecule has 9 heteroatoms. The first-order valence-electron chi connectivity index (χ1n) is 8.73. The standard InChI is InChI=1S/C19H27N3O4S.HI/c1-15-13-16(6-7-18(15)27(3,23)24)14-22-19(21-10-12-25-2)20-9-8-17-5-4-11-26-17;/h4-7,11,13H,8-10,12,14H2,1-3H3,(H2,20,21,22);1H. The molecule has 2 rings (SSSR count). The van der Waals surface area contributed by atoms with E-state index in [9.17, 15) is 8.42 Å². The van der Waals surface area contributed by atoms with E-state index in [4.69, 9.17) is 9.15 Å². The lowest BCUT2D eigenvalue weighted by Crippen LogP contribution is -2.40. The van der Waals surface area contributed by atoms with Crippen LogP contribution >= 0.6 is 24.0 Å². The second kappa shape index (κ2) is 12.1. The van der Waals surface area contributed by atoms with Crippen LogP contribution in [0.3, 0.4) is 0 Å². The summed E-state index contributed by atoms with van der Waals surface area (Å²) in [5.74, 6) is 1.58. The van der Waals surface area contributed by atoms with Gasteiger partial charge in [0.25, 0.3) is 0 Å². The molecule has 0 saturated heterocycles. The third kappa shape index (κ3) is 8.19. The van der Waals surface area contributed by atoms with Crippen molar-refractivity contribution in [2.45, 2.75) is 24.8 Å². The van der Waals surface area contributed by atoms with E-state index in [2.05, 4.69) is 15.6 Å². The third-order valence-electron chi connectivity index (χ3n) is 3.90. The van der Waals surface area contributed by atoms with Gasteiger partial charge < -0.3 is 19.8 Å². The van der Waals surface area contributed by atoms with Crippen molar-refractivity contribution in [2.75, 3.05) is 33.1 Å². The minimum Gasteiger partial charge on any atom is -0.469 e. The van der Waals surface area contributed by atoms with Gasteiger partial charge >= 0.3 is 0 Å². The van der Waals surface area contributed by atoms with Crippen molar-refractivity contribution in [1.29, 1.82) is 0 Å². The lowest BCUT2D eigenvalue weighted by atomic mass is 10.1. The van der Waals surface area contributed by atoms with Gasteiger partial charge in [0, 0.05) is 32.9 Å². The highest BCUT2D eigenvalue weighted by Crippen LogP contribution is 2.17. The van der Waals surface area contributed by atoms with Crippen LogP contribution in [0, 0.1) is 6.92 Å². The number of aliphatic imine (C=N–C) groups is 1. The molecule has 0 unspecified atom stereocenters. The molecule has 2 aromatic rings. The fourth-order valence-corrected chi connectivity index (χ4v) is 3.56. The van der Waals surface area contributed by atoms with E-state index in [1.165, 1.54) is 6.26 Å². The number of guanidine groups is 1. The molecule has 0 radical (unpaired) electrons. The first-order valence-corrected chi connectivity index (χ1v) is 10.6. The van der Waals surface area contributed by atoms with Crippen molar-refractivity contribution in [1.82, 2.24) is 10.6 Å². The summed E-state index contributed by atoms with van der Waals surface area (Å²) < 4.78 is 33.8. The normalized spacial score (nSPS) is 11.8. The van der Waals surface area contributed by atoms with E-state index in [1.807, 2.05) is 18.2 Å². The molecule has 28 heavy (non-hydrogen) atoms. The number of sulfone groups is 1. The van der Waals surface area contributed by atoms with Crippen LogP contribution in [0.5, 0.6) is 0 Å². The molecule has 1 heterocycles. The summed E-state index contributed by atoms with van der Waals surface area (Å²) in [6, 6.07) is 9.09. The SMILES string of the molecule is COCCNC(=NCc1ccc(S(C)(=O)=O)c(C)c1)NCCc1ccco1.I. The van der Waals surface area contributed by atoms with E-state index in [-0.39, 0.29) is 24.0 Å². The molecular weight excluding hydrogens is 493 g/mol. The Labute approximate surface area is 183 Å². The molecule has 0 aliphatic heterocycles. The Morgan fingerprint density at radius 3 is 2.57 bits per heavy atom. The van der Waals surface area contributed by atoms with Crippen molar-refractivity contribution in [3.8, 4) is 0 Å². The topological polar surface area (TPSA) is 92.9 Å². The number of halogens is 1. The summed E-state index contributed by atoms with van der Waals surface area (Å²) in [5.41, 5.74) is 1.67. The Morgan fingerprint density at radius 1 is 1.21 bits per heavy atom. The smallest absolute Gasteiger partial charge is 0.191 e. The molecule has 1 aromatic heterocycles. The fourth-order valence-electron chi connectivity index (χ4n) is 2.60. The number of methoxy groups -OCH3 is 1. The number of hydrogen-bond acceptors (Lipinski definition) is 5. The molecule has 0 saturated carbocycles. The van der Waals surface area contributed by atoms with Crippen molar-refractivity contribution in [3.63, 3.8) is 0 Å². The van der Waals surface area contributed by atoms with Crippen LogP contribution in [-0.2, 0) is 27.5 Å². The number of furan rings is 1. The van der Waals surface area contributed by atoms with Crippen LogP contribution in [0.15, 0.2) is 50.9 Å². The minimum absolute atomic E-state index is 0. The molecule has 0 aliphatic rings. The third-order valence-corrected chi connectivity index (χ3v) is 5.16. The zero-order chi connectivity index (χ0) is 19.7. The quantitative estimate of drug-likeness (QED) is 0.228. The van der Waals surface area contributed by atoms with Crippen molar-refractivity contribution < 1.29 is 17.6 Å². The van der Waals surface area contributed by atoms with Crippen molar-refractivity contribution in [2.24, 2.45) is 4.99 Å². The Hall–Kier alpha value is -1.59. The van der Waals surface area contributed by atoms with E-state index in [0.29, 0.717) is 37.1 Å². The Morgan fingerprint density at radius 2 is 1.96 bits per heavy atom. The molecule has 1 aromatic carbocycles. The average Bonchev–Trinajstić information content (AvgIpc) is 3.11. The van der Waals surface area contributed by atoms with Crippen molar-refractivity contribution >= 4 is 39.8 Å². The molecule has 2 N–H and O–H groups in total. The predicted octanol–water partition coefficient (Wildman–Crippen LogP) is 2.53. The molecule has 0 atom stereocenters. The predicted molar refractivity (Wildman–Crippen MR) is 121 cm³/mol. The number of benzene rings is 1. The number of hydrogen-bond donors (Lipinski definition) is 2. The number of nitrogens with zero attached hydrogens (tertiary/aromatic N) is 1. The van der Waals surface area contributed by atoms with Gasteiger partial charge in [0.1, 0.15) is 5.76 Å². The molecule has 156 valence electrons. The number of rotatable bonds is 9. The summed E-state index contributed by atoms with van der Waals surface area (Å²) in [6.45, 7) is 4.12. The number of aryl methyl sites for hydroxylation is 1. The maximum atomic E-state index is 11.7. The van der Waals surface area contributed by atoms with Crippen LogP contribution in [-0.4, -0.2) is 47.4 Å². The van der Waals surface area contributed by atoms with E-state index in [1.54, 1.807) is 32.4 Å². The summed E-state index contributed by atoms with van der Waals surface area (Å²) >= 11 is 0. The number of ether oxygens (including phenoxy) is 1. The molecule has 7 nitrogen and oxygen atoms in total. The van der Waals surface area contributed by atoms with Crippen LogP contribution in [0.1, 0.15) is 16.9 Å². The van der Waals surface area contributed by atoms with Crippen LogP contribution in [0.2, 0.25) is 0 Å². The largest absolute Gasteiger partial charge is 0.469 e. The van der Waals surface area contributed by atoms with E-state index in [0.717, 1.165) is 23.3 Å². The van der Waals surface area contributed by atoms with Gasteiger partial charge in [-0.25, -0.2) is 13.4 Å². The highest BCUT2D eigenvalue weighted by Gasteiger charge is 2.10. The molecule has 0 amide bonds. The Kier molecular flexibility index (Phi) is 10.5. The highest BCUT2D eigenvalue weighted by molar-refractivity contribution is 14.0. The maximum Gasteiger partial charge on any atom is 0.191 e. The summed E-state index contributed by atoms with van der Waals surface area (Å²) in [6.07, 6.45) is 3.62. The highest BCUT2D eigenvalue weighted by atomic mass is 127. The van der Waals surface area contributed by atoms with Gasteiger partial charge in [-0.1, -0.05) is 12.1 Å². The van der Waals surface area contributed by atoms with Crippen LogP contribution < -0.4 is 10.6 Å². The van der Waals surface area contributed by atoms with Gasteiger partial charge in [-0.05, 0) is 36.2 Å². The first-order chi connectivity index (χ1) is 12.9. The van der Waals surface area contributed by atoms with Gasteiger partial charge in [-0.3, -0.25) is 0 Å². The molecule has 0 bridgehead atoms. The minimum atomic E-state index is -3.21.